The van der Waals surface area contributed by atoms with Gasteiger partial charge in [0.2, 0.25) is 0 Å². The fourth-order valence-corrected chi connectivity index (χ4v) is 3.33. The van der Waals surface area contributed by atoms with Crippen LogP contribution < -0.4 is 0 Å². The summed E-state index contributed by atoms with van der Waals surface area (Å²) in [7, 11) is 0. The number of hydrogen-bond acceptors (Lipinski definition) is 4. The molecule has 0 atom stereocenters. The lowest BCUT2D eigenvalue weighted by Crippen LogP contribution is -2.32. The fourth-order valence-electron chi connectivity index (χ4n) is 3.33. The highest BCUT2D eigenvalue weighted by Gasteiger charge is 2.22. The number of hydrogen-bond donors (Lipinski definition) is 0. The molecule has 25 heavy (non-hydrogen) atoms. The first-order valence-corrected chi connectivity index (χ1v) is 8.90. The molecule has 1 aromatic carbocycles. The molecule has 0 unspecified atom stereocenters. The molecule has 3 heterocycles. The third-order valence-corrected chi connectivity index (χ3v) is 4.74. The van der Waals surface area contributed by atoms with Crippen LogP contribution in [0.4, 0.5) is 0 Å². The quantitative estimate of drug-likeness (QED) is 0.714. The number of para-hydroxylation sites is 1. The van der Waals surface area contributed by atoms with Gasteiger partial charge in [-0.05, 0) is 17.7 Å². The number of fused-ring (bicyclic) bond motifs is 2. The molecule has 1 aliphatic heterocycles. The van der Waals surface area contributed by atoms with Gasteiger partial charge in [-0.3, -0.25) is 9.88 Å². The molecule has 0 saturated heterocycles. The van der Waals surface area contributed by atoms with Crippen LogP contribution in [-0.4, -0.2) is 26.4 Å². The first-order chi connectivity index (χ1) is 12.0. The predicted molar refractivity (Wildman–Crippen MR) is 100 cm³/mol. The van der Waals surface area contributed by atoms with Crippen molar-refractivity contribution >= 4 is 10.9 Å². The zero-order valence-corrected chi connectivity index (χ0v) is 15.2. The van der Waals surface area contributed by atoms with Gasteiger partial charge >= 0.3 is 0 Å². The van der Waals surface area contributed by atoms with E-state index in [0.29, 0.717) is 0 Å². The summed E-state index contributed by atoms with van der Waals surface area (Å²) in [6.07, 6.45) is 5.01. The zero-order chi connectivity index (χ0) is 17.4. The van der Waals surface area contributed by atoms with Crippen LogP contribution in [0.3, 0.4) is 0 Å². The molecule has 0 spiro atoms. The summed E-state index contributed by atoms with van der Waals surface area (Å²) in [4.78, 5) is 16.4. The highest BCUT2D eigenvalue weighted by molar-refractivity contribution is 5.78. The van der Waals surface area contributed by atoms with Gasteiger partial charge in [-0.2, -0.15) is 0 Å². The largest absolute Gasteiger partial charge is 0.294 e. The summed E-state index contributed by atoms with van der Waals surface area (Å²) >= 11 is 0. The van der Waals surface area contributed by atoms with E-state index in [0.717, 1.165) is 37.4 Å². The van der Waals surface area contributed by atoms with E-state index in [1.54, 1.807) is 0 Å². The Morgan fingerprint density at radius 1 is 1.08 bits per heavy atom. The average Bonchev–Trinajstić information content (AvgIpc) is 2.60. The van der Waals surface area contributed by atoms with Crippen LogP contribution >= 0.6 is 0 Å². The molecule has 0 radical (unpaired) electrons. The van der Waals surface area contributed by atoms with Crippen molar-refractivity contribution in [3.63, 3.8) is 0 Å². The molecule has 2 aromatic heterocycles. The SMILES string of the molecule is CC(C)(C)c1ncc2c(n1)CCN(Cc1cnc3ccccc3c1)C2. The maximum Gasteiger partial charge on any atom is 0.133 e. The number of aromatic nitrogens is 3. The Morgan fingerprint density at radius 2 is 1.92 bits per heavy atom. The van der Waals surface area contributed by atoms with Crippen LogP contribution in [-0.2, 0) is 24.9 Å². The van der Waals surface area contributed by atoms with Crippen LogP contribution in [0, 0.1) is 0 Å². The minimum absolute atomic E-state index is 0.00291. The summed E-state index contributed by atoms with van der Waals surface area (Å²) in [6.45, 7) is 9.34. The van der Waals surface area contributed by atoms with Crippen molar-refractivity contribution < 1.29 is 0 Å². The summed E-state index contributed by atoms with van der Waals surface area (Å²) in [5.41, 5.74) is 4.79. The molecule has 0 saturated carbocycles. The molecule has 0 bridgehead atoms. The van der Waals surface area contributed by atoms with E-state index >= 15 is 0 Å². The molecular formula is C21H24N4. The van der Waals surface area contributed by atoms with Crippen molar-refractivity contribution in [1.29, 1.82) is 0 Å². The van der Waals surface area contributed by atoms with E-state index < -0.39 is 0 Å². The minimum Gasteiger partial charge on any atom is -0.294 e. The van der Waals surface area contributed by atoms with Crippen LogP contribution in [0.15, 0.2) is 42.7 Å². The highest BCUT2D eigenvalue weighted by Crippen LogP contribution is 2.23. The number of pyridine rings is 1. The lowest BCUT2D eigenvalue weighted by atomic mass is 9.95. The molecule has 0 fully saturated rings. The summed E-state index contributed by atoms with van der Waals surface area (Å²) < 4.78 is 0. The van der Waals surface area contributed by atoms with Crippen LogP contribution in [0.25, 0.3) is 10.9 Å². The molecule has 3 aromatic rings. The van der Waals surface area contributed by atoms with Crippen molar-refractivity contribution in [3.05, 3.63) is 65.4 Å². The van der Waals surface area contributed by atoms with Crippen LogP contribution in [0.2, 0.25) is 0 Å². The smallest absolute Gasteiger partial charge is 0.133 e. The van der Waals surface area contributed by atoms with Crippen molar-refractivity contribution in [3.8, 4) is 0 Å². The third kappa shape index (κ3) is 3.40. The Morgan fingerprint density at radius 3 is 2.76 bits per heavy atom. The van der Waals surface area contributed by atoms with Gasteiger partial charge in [0.25, 0.3) is 0 Å². The maximum atomic E-state index is 4.82. The highest BCUT2D eigenvalue weighted by atomic mass is 15.1. The molecule has 4 rings (SSSR count). The van der Waals surface area contributed by atoms with E-state index in [2.05, 4.69) is 59.9 Å². The van der Waals surface area contributed by atoms with Crippen LogP contribution in [0.5, 0.6) is 0 Å². The Hall–Kier alpha value is -2.33. The Balaban J connectivity index is 1.52. The molecule has 4 heteroatoms. The molecule has 1 aliphatic rings. The van der Waals surface area contributed by atoms with E-state index in [-0.39, 0.29) is 5.41 Å². The second kappa shape index (κ2) is 6.19. The molecular weight excluding hydrogens is 308 g/mol. The van der Waals surface area contributed by atoms with Gasteiger partial charge < -0.3 is 0 Å². The van der Waals surface area contributed by atoms with Crippen molar-refractivity contribution in [1.82, 2.24) is 19.9 Å². The fraction of sp³-hybridized carbons (Fsp3) is 0.381. The van der Waals surface area contributed by atoms with Gasteiger partial charge in [0.15, 0.2) is 0 Å². The van der Waals surface area contributed by atoms with E-state index in [1.165, 1.54) is 22.2 Å². The monoisotopic (exact) mass is 332 g/mol. The molecule has 0 amide bonds. The van der Waals surface area contributed by atoms with Gasteiger partial charge in [0.05, 0.1) is 5.52 Å². The molecule has 4 nitrogen and oxygen atoms in total. The van der Waals surface area contributed by atoms with Gasteiger partial charge in [-0.25, -0.2) is 9.97 Å². The first-order valence-electron chi connectivity index (χ1n) is 8.90. The Bertz CT molecular complexity index is 911. The lowest BCUT2D eigenvalue weighted by molar-refractivity contribution is 0.242. The van der Waals surface area contributed by atoms with E-state index in [4.69, 9.17) is 4.98 Å². The minimum atomic E-state index is 0.00291. The maximum absolute atomic E-state index is 4.82. The number of benzene rings is 1. The van der Waals surface area contributed by atoms with Gasteiger partial charge in [0, 0.05) is 60.5 Å². The van der Waals surface area contributed by atoms with E-state index in [1.807, 2.05) is 18.5 Å². The van der Waals surface area contributed by atoms with E-state index in [9.17, 15) is 0 Å². The summed E-state index contributed by atoms with van der Waals surface area (Å²) in [6, 6.07) is 10.5. The standard InChI is InChI=1S/C21H24N4/c1-21(2,3)20-23-12-17-14-25(9-8-19(17)24-20)13-15-10-16-6-4-5-7-18(16)22-11-15/h4-7,10-12H,8-9,13-14H2,1-3H3. The van der Waals surface area contributed by atoms with Gasteiger partial charge in [-0.15, -0.1) is 0 Å². The predicted octanol–water partition coefficient (Wildman–Crippen LogP) is 3.88. The summed E-state index contributed by atoms with van der Waals surface area (Å²) in [5, 5.41) is 1.20. The lowest BCUT2D eigenvalue weighted by Gasteiger charge is -2.29. The van der Waals surface area contributed by atoms with Gasteiger partial charge in [0.1, 0.15) is 5.82 Å². The van der Waals surface area contributed by atoms with Crippen molar-refractivity contribution in [2.75, 3.05) is 6.54 Å². The van der Waals surface area contributed by atoms with Gasteiger partial charge in [-0.1, -0.05) is 39.0 Å². The number of rotatable bonds is 2. The zero-order valence-electron chi connectivity index (χ0n) is 15.2. The van der Waals surface area contributed by atoms with Crippen LogP contribution in [0.1, 0.15) is 43.4 Å². The topological polar surface area (TPSA) is 41.9 Å². The Labute approximate surface area is 149 Å². The molecule has 128 valence electrons. The second-order valence-electron chi connectivity index (χ2n) is 7.91. The number of nitrogens with zero attached hydrogens (tertiary/aromatic N) is 4. The summed E-state index contributed by atoms with van der Waals surface area (Å²) in [5.74, 6) is 0.943. The average molecular weight is 332 g/mol. The van der Waals surface area contributed by atoms with Crippen molar-refractivity contribution in [2.45, 2.75) is 45.7 Å². The molecule has 0 aliphatic carbocycles. The van der Waals surface area contributed by atoms with Crippen molar-refractivity contribution in [2.24, 2.45) is 0 Å². The normalized spacial score (nSPS) is 15.3. The Kier molecular flexibility index (Phi) is 4.00. The molecule has 0 N–H and O–H groups in total. The second-order valence-corrected chi connectivity index (χ2v) is 7.91. The third-order valence-electron chi connectivity index (χ3n) is 4.74. The first kappa shape index (κ1) is 16.2.